The Hall–Kier alpha value is -2.50. The Morgan fingerprint density at radius 2 is 2.10 bits per heavy atom. The second-order valence-corrected chi connectivity index (χ2v) is 6.62. The molecule has 0 bridgehead atoms. The van der Waals surface area contributed by atoms with Crippen LogP contribution in [0.1, 0.15) is 39.9 Å². The number of carbonyl (C=O) groups excluding carboxylic acids is 1. The molecule has 0 aliphatic carbocycles. The molecule has 2 N–H and O–H groups in total. The third-order valence-corrected chi connectivity index (χ3v) is 4.58. The van der Waals surface area contributed by atoms with Crippen LogP contribution in [-0.2, 0) is 30.4 Å². The van der Waals surface area contributed by atoms with Crippen molar-refractivity contribution in [3.8, 4) is 0 Å². The van der Waals surface area contributed by atoms with Gasteiger partial charge in [-0.2, -0.15) is 13.2 Å². The van der Waals surface area contributed by atoms with Gasteiger partial charge in [0.25, 0.3) is 0 Å². The van der Waals surface area contributed by atoms with Crippen molar-refractivity contribution in [2.45, 2.75) is 32.6 Å². The Kier molecular flexibility index (Phi) is 6.20. The van der Waals surface area contributed by atoms with Gasteiger partial charge in [0.15, 0.2) is 0 Å². The molecule has 0 unspecified atom stereocenters. The van der Waals surface area contributed by atoms with E-state index < -0.39 is 25.0 Å². The van der Waals surface area contributed by atoms with Crippen LogP contribution in [0.3, 0.4) is 0 Å². The second-order valence-electron chi connectivity index (χ2n) is 6.62. The average Bonchev–Trinajstić information content (AvgIpc) is 2.66. The number of halogens is 3. The van der Waals surface area contributed by atoms with Crippen LogP contribution in [0.5, 0.6) is 0 Å². The highest BCUT2D eigenvalue weighted by Crippen LogP contribution is 2.28. The second kappa shape index (κ2) is 8.48. The van der Waals surface area contributed by atoms with Crippen LogP contribution >= 0.6 is 0 Å². The summed E-state index contributed by atoms with van der Waals surface area (Å²) in [4.78, 5) is 21.6. The van der Waals surface area contributed by atoms with E-state index in [0.29, 0.717) is 29.8 Å². The van der Waals surface area contributed by atoms with Gasteiger partial charge in [0.1, 0.15) is 11.4 Å². The summed E-state index contributed by atoms with van der Waals surface area (Å²) in [5.74, 6) is -0.682. The molecule has 1 aliphatic heterocycles. The van der Waals surface area contributed by atoms with Crippen molar-refractivity contribution >= 4 is 18.6 Å². The summed E-state index contributed by atoms with van der Waals surface area (Å²) >= 11 is 0. The van der Waals surface area contributed by atoms with Crippen LogP contribution < -0.4 is 5.46 Å². The summed E-state index contributed by atoms with van der Waals surface area (Å²) in [6, 6.07) is 3.81. The Morgan fingerprint density at radius 1 is 1.34 bits per heavy atom. The minimum Gasteiger partial charge on any atom is -0.461 e. The van der Waals surface area contributed by atoms with E-state index in [1.54, 1.807) is 6.92 Å². The SMILES string of the molecule is CCOC(=O)c1cc(B(O)O)c2c(n1)CN(Cc1ccnc(C(F)(F)F)c1)CC2. The van der Waals surface area contributed by atoms with Crippen LogP contribution in [0.25, 0.3) is 0 Å². The fraction of sp³-hybridized carbons (Fsp3) is 0.389. The highest BCUT2D eigenvalue weighted by molar-refractivity contribution is 6.59. The molecule has 3 heterocycles. The van der Waals surface area contributed by atoms with Gasteiger partial charge in [0.2, 0.25) is 0 Å². The van der Waals surface area contributed by atoms with Crippen LogP contribution in [0.4, 0.5) is 13.2 Å². The lowest BCUT2D eigenvalue weighted by Gasteiger charge is -2.29. The Balaban J connectivity index is 1.85. The number of ether oxygens (including phenoxy) is 1. The number of alkyl halides is 3. The fourth-order valence-corrected chi connectivity index (χ4v) is 3.29. The molecule has 7 nitrogen and oxygen atoms in total. The van der Waals surface area contributed by atoms with E-state index in [1.807, 2.05) is 4.90 Å². The highest BCUT2D eigenvalue weighted by atomic mass is 19.4. The first-order valence-electron chi connectivity index (χ1n) is 8.99. The Labute approximate surface area is 165 Å². The first-order chi connectivity index (χ1) is 13.7. The Bertz CT molecular complexity index is 908. The molecule has 0 atom stereocenters. The summed E-state index contributed by atoms with van der Waals surface area (Å²) in [5, 5.41) is 19.3. The number of esters is 1. The number of hydrogen-bond acceptors (Lipinski definition) is 7. The van der Waals surface area contributed by atoms with Gasteiger partial charge in [0.05, 0.1) is 12.3 Å². The maximum Gasteiger partial charge on any atom is 0.488 e. The zero-order valence-corrected chi connectivity index (χ0v) is 15.6. The summed E-state index contributed by atoms with van der Waals surface area (Å²) in [6.07, 6.45) is -2.99. The Morgan fingerprint density at radius 3 is 2.76 bits per heavy atom. The summed E-state index contributed by atoms with van der Waals surface area (Å²) in [6.45, 7) is 2.74. The average molecular weight is 409 g/mol. The minimum atomic E-state index is -4.52. The van der Waals surface area contributed by atoms with Crippen LogP contribution in [0.15, 0.2) is 24.4 Å². The maximum absolute atomic E-state index is 12.9. The van der Waals surface area contributed by atoms with Crippen molar-refractivity contribution in [1.82, 2.24) is 14.9 Å². The smallest absolute Gasteiger partial charge is 0.461 e. The van der Waals surface area contributed by atoms with Crippen LogP contribution in [0.2, 0.25) is 0 Å². The molecular formula is C18H19BF3N3O4. The summed E-state index contributed by atoms with van der Waals surface area (Å²) < 4.78 is 43.5. The molecule has 0 saturated carbocycles. The highest BCUT2D eigenvalue weighted by Gasteiger charge is 2.33. The predicted molar refractivity (Wildman–Crippen MR) is 97.1 cm³/mol. The summed E-state index contributed by atoms with van der Waals surface area (Å²) in [7, 11) is -1.78. The number of fused-ring (bicyclic) bond motifs is 1. The van der Waals surface area contributed by atoms with E-state index in [2.05, 4.69) is 9.97 Å². The normalized spacial score (nSPS) is 14.4. The quantitative estimate of drug-likeness (QED) is 0.560. The molecule has 0 amide bonds. The third kappa shape index (κ3) is 4.92. The number of nitrogens with zero attached hydrogens (tertiary/aromatic N) is 3. The molecule has 0 radical (unpaired) electrons. The lowest BCUT2D eigenvalue weighted by molar-refractivity contribution is -0.141. The standard InChI is InChI=1S/C18H19BF3N3O4/c1-2-29-17(26)14-8-13(19(27)28)12-4-6-25(10-15(12)24-14)9-11-3-5-23-16(7-11)18(20,21)22/h3,5,7-8,27-28H,2,4,6,9-10H2,1H3. The number of pyridine rings is 2. The van der Waals surface area contributed by atoms with Crippen molar-refractivity contribution in [1.29, 1.82) is 0 Å². The number of aromatic nitrogens is 2. The van der Waals surface area contributed by atoms with Gasteiger partial charge in [-0.05, 0) is 48.1 Å². The van der Waals surface area contributed by atoms with E-state index in [0.717, 1.165) is 12.3 Å². The topological polar surface area (TPSA) is 95.8 Å². The molecule has 2 aromatic rings. The summed E-state index contributed by atoms with van der Waals surface area (Å²) in [5.41, 5.74) is 0.713. The number of hydrogen-bond donors (Lipinski definition) is 2. The third-order valence-electron chi connectivity index (χ3n) is 4.58. The van der Waals surface area contributed by atoms with E-state index >= 15 is 0 Å². The van der Waals surface area contributed by atoms with Crippen LogP contribution in [0, 0.1) is 0 Å². The van der Waals surface area contributed by atoms with Crippen molar-refractivity contribution in [3.05, 3.63) is 52.6 Å². The maximum atomic E-state index is 12.9. The van der Waals surface area contributed by atoms with E-state index in [-0.39, 0.29) is 30.9 Å². The zero-order valence-electron chi connectivity index (χ0n) is 15.6. The van der Waals surface area contributed by atoms with Crippen molar-refractivity contribution in [3.63, 3.8) is 0 Å². The molecular weight excluding hydrogens is 390 g/mol. The monoisotopic (exact) mass is 409 g/mol. The molecule has 0 aromatic carbocycles. The fourth-order valence-electron chi connectivity index (χ4n) is 3.29. The van der Waals surface area contributed by atoms with E-state index in [1.165, 1.54) is 12.1 Å². The van der Waals surface area contributed by atoms with Crippen LogP contribution in [-0.4, -0.2) is 51.2 Å². The molecule has 3 rings (SSSR count). The number of carbonyl (C=O) groups is 1. The van der Waals surface area contributed by atoms with Crippen molar-refractivity contribution in [2.75, 3.05) is 13.2 Å². The van der Waals surface area contributed by atoms with E-state index in [4.69, 9.17) is 4.74 Å². The number of rotatable bonds is 5. The van der Waals surface area contributed by atoms with Gasteiger partial charge >= 0.3 is 19.3 Å². The first kappa shape index (κ1) is 21.2. The van der Waals surface area contributed by atoms with Crippen molar-refractivity contribution < 1.29 is 32.8 Å². The van der Waals surface area contributed by atoms with Gasteiger partial charge in [-0.1, -0.05) is 0 Å². The van der Waals surface area contributed by atoms with Crippen molar-refractivity contribution in [2.24, 2.45) is 0 Å². The van der Waals surface area contributed by atoms with Gasteiger partial charge in [-0.15, -0.1) is 0 Å². The molecule has 0 spiro atoms. The minimum absolute atomic E-state index is 0.0428. The molecule has 1 aliphatic rings. The lowest BCUT2D eigenvalue weighted by Crippen LogP contribution is -2.41. The molecule has 0 saturated heterocycles. The largest absolute Gasteiger partial charge is 0.488 e. The molecule has 11 heteroatoms. The molecule has 154 valence electrons. The molecule has 0 fully saturated rings. The van der Waals surface area contributed by atoms with Gasteiger partial charge < -0.3 is 14.8 Å². The van der Waals surface area contributed by atoms with Gasteiger partial charge in [-0.3, -0.25) is 9.88 Å². The van der Waals surface area contributed by atoms with E-state index in [9.17, 15) is 28.0 Å². The first-order valence-corrected chi connectivity index (χ1v) is 8.99. The lowest BCUT2D eigenvalue weighted by atomic mass is 9.75. The predicted octanol–water partition coefficient (Wildman–Crippen LogP) is 0.910. The molecule has 2 aromatic heterocycles. The molecule has 29 heavy (non-hydrogen) atoms. The van der Waals surface area contributed by atoms with Gasteiger partial charge in [0, 0.05) is 25.8 Å². The zero-order chi connectivity index (χ0) is 21.2. The van der Waals surface area contributed by atoms with Gasteiger partial charge in [-0.25, -0.2) is 9.78 Å².